The topological polar surface area (TPSA) is 64.3 Å². The van der Waals surface area contributed by atoms with Crippen LogP contribution < -0.4 is 0 Å². The summed E-state index contributed by atoms with van der Waals surface area (Å²) in [6.45, 7) is 1.94. The van der Waals surface area contributed by atoms with Gasteiger partial charge >= 0.3 is 5.97 Å². The Morgan fingerprint density at radius 2 is 2.37 bits per heavy atom. The summed E-state index contributed by atoms with van der Waals surface area (Å²) in [6.07, 6.45) is 3.88. The fourth-order valence-corrected chi connectivity index (χ4v) is 2.26. The summed E-state index contributed by atoms with van der Waals surface area (Å²) in [5, 5.41) is 9.85. The number of hydrogen-bond acceptors (Lipinski definition) is 4. The average molecular weight is 325 g/mol. The Labute approximate surface area is 119 Å². The van der Waals surface area contributed by atoms with Crippen LogP contribution in [0.5, 0.6) is 0 Å². The van der Waals surface area contributed by atoms with Gasteiger partial charge in [-0.1, -0.05) is 6.07 Å². The van der Waals surface area contributed by atoms with E-state index in [0.717, 1.165) is 10.2 Å². The van der Waals surface area contributed by atoms with Crippen LogP contribution in [0.3, 0.4) is 0 Å². The number of aliphatic hydroxyl groups is 1. The van der Waals surface area contributed by atoms with Gasteiger partial charge in [0.25, 0.3) is 0 Å². The van der Waals surface area contributed by atoms with E-state index in [1.54, 1.807) is 37.6 Å². The molecule has 0 aliphatic heterocycles. The van der Waals surface area contributed by atoms with E-state index >= 15 is 0 Å². The molecule has 0 saturated heterocycles. The zero-order valence-corrected chi connectivity index (χ0v) is 11.9. The third-order valence-electron chi connectivity index (χ3n) is 2.58. The van der Waals surface area contributed by atoms with Crippen molar-refractivity contribution >= 4 is 21.9 Å². The molecule has 2 aromatic rings. The van der Waals surface area contributed by atoms with Crippen LogP contribution in [-0.4, -0.2) is 27.2 Å². The molecule has 0 bridgehead atoms. The van der Waals surface area contributed by atoms with Crippen molar-refractivity contribution in [3.8, 4) is 5.69 Å². The number of rotatable bonds is 4. The molecule has 100 valence electrons. The molecular formula is C13H13BrN2O3. The quantitative estimate of drug-likeness (QED) is 0.876. The van der Waals surface area contributed by atoms with Crippen molar-refractivity contribution in [2.75, 3.05) is 6.61 Å². The molecule has 0 fully saturated rings. The summed E-state index contributed by atoms with van der Waals surface area (Å²) >= 11 is 3.41. The first-order valence-corrected chi connectivity index (χ1v) is 6.55. The average Bonchev–Trinajstić information content (AvgIpc) is 2.91. The lowest BCUT2D eigenvalue weighted by molar-refractivity contribution is -0.153. The Hall–Kier alpha value is -1.66. The van der Waals surface area contributed by atoms with Crippen LogP contribution in [0, 0.1) is 0 Å². The van der Waals surface area contributed by atoms with Crippen molar-refractivity contribution < 1.29 is 14.6 Å². The Bertz CT molecular complexity index is 569. The number of hydrogen-bond donors (Lipinski definition) is 1. The van der Waals surface area contributed by atoms with Crippen molar-refractivity contribution in [3.05, 3.63) is 47.0 Å². The molecule has 2 rings (SSSR count). The monoisotopic (exact) mass is 324 g/mol. The molecule has 0 aliphatic rings. The number of benzene rings is 1. The fourth-order valence-electron chi connectivity index (χ4n) is 1.66. The first-order valence-electron chi connectivity index (χ1n) is 5.76. The molecule has 6 heteroatoms. The van der Waals surface area contributed by atoms with Crippen LogP contribution in [0.15, 0.2) is 41.4 Å². The van der Waals surface area contributed by atoms with Gasteiger partial charge in [-0.2, -0.15) is 0 Å². The first-order chi connectivity index (χ1) is 9.13. The van der Waals surface area contributed by atoms with Crippen LogP contribution in [0.2, 0.25) is 0 Å². The minimum Gasteiger partial charge on any atom is -0.464 e. The van der Waals surface area contributed by atoms with E-state index in [1.807, 2.05) is 10.8 Å². The highest BCUT2D eigenvalue weighted by molar-refractivity contribution is 9.10. The molecular weight excluding hydrogens is 312 g/mol. The number of aromatic nitrogens is 2. The number of carbonyl (C=O) groups excluding carboxylic acids is 1. The van der Waals surface area contributed by atoms with Crippen LogP contribution in [0.25, 0.3) is 5.69 Å². The molecule has 1 aromatic heterocycles. The molecule has 1 atom stereocenters. The third-order valence-corrected chi connectivity index (χ3v) is 3.22. The van der Waals surface area contributed by atoms with Crippen LogP contribution in [-0.2, 0) is 9.53 Å². The van der Waals surface area contributed by atoms with Gasteiger partial charge in [-0.3, -0.25) is 0 Å². The fraction of sp³-hybridized carbons (Fsp3) is 0.231. The highest BCUT2D eigenvalue weighted by atomic mass is 79.9. The SMILES string of the molecule is CCOC(=O)C(O)c1ccc(-n2ccnc2)c(Br)c1. The van der Waals surface area contributed by atoms with E-state index in [9.17, 15) is 9.90 Å². The maximum absolute atomic E-state index is 11.5. The molecule has 0 amide bonds. The molecule has 1 heterocycles. The summed E-state index contributed by atoms with van der Waals surface area (Å²) in [5.74, 6) is -0.648. The van der Waals surface area contributed by atoms with E-state index in [0.29, 0.717) is 5.56 Å². The highest BCUT2D eigenvalue weighted by Crippen LogP contribution is 2.25. The Morgan fingerprint density at radius 1 is 1.58 bits per heavy atom. The first kappa shape index (κ1) is 13.8. The van der Waals surface area contributed by atoms with Crippen molar-refractivity contribution in [1.29, 1.82) is 0 Å². The Balaban J connectivity index is 2.26. The van der Waals surface area contributed by atoms with Crippen molar-refractivity contribution in [2.24, 2.45) is 0 Å². The van der Waals surface area contributed by atoms with Gasteiger partial charge in [0.05, 0.1) is 18.6 Å². The number of imidazole rings is 1. The Morgan fingerprint density at radius 3 is 2.95 bits per heavy atom. The van der Waals surface area contributed by atoms with Crippen LogP contribution >= 0.6 is 15.9 Å². The number of esters is 1. The number of nitrogens with zero attached hydrogens (tertiary/aromatic N) is 2. The largest absolute Gasteiger partial charge is 0.464 e. The summed E-state index contributed by atoms with van der Waals surface area (Å²) < 4.78 is 7.36. The van der Waals surface area contributed by atoms with E-state index in [-0.39, 0.29) is 6.61 Å². The number of ether oxygens (including phenoxy) is 1. The maximum Gasteiger partial charge on any atom is 0.339 e. The minimum absolute atomic E-state index is 0.240. The van der Waals surface area contributed by atoms with Crippen molar-refractivity contribution in [2.45, 2.75) is 13.0 Å². The molecule has 0 aliphatic carbocycles. The van der Waals surface area contributed by atoms with Gasteiger partial charge in [0.2, 0.25) is 0 Å². The van der Waals surface area contributed by atoms with Crippen LogP contribution in [0.1, 0.15) is 18.6 Å². The molecule has 5 nitrogen and oxygen atoms in total. The van der Waals surface area contributed by atoms with Gasteiger partial charge in [-0.15, -0.1) is 0 Å². The predicted molar refractivity (Wildman–Crippen MR) is 72.9 cm³/mol. The van der Waals surface area contributed by atoms with E-state index in [1.165, 1.54) is 0 Å². The second-order valence-electron chi connectivity index (χ2n) is 3.84. The lowest BCUT2D eigenvalue weighted by Crippen LogP contribution is -2.15. The van der Waals surface area contributed by atoms with Gasteiger partial charge in [0.1, 0.15) is 0 Å². The lowest BCUT2D eigenvalue weighted by Gasteiger charge is -2.12. The van der Waals surface area contributed by atoms with Crippen LogP contribution in [0.4, 0.5) is 0 Å². The molecule has 0 spiro atoms. The zero-order chi connectivity index (χ0) is 13.8. The molecule has 19 heavy (non-hydrogen) atoms. The van der Waals surface area contributed by atoms with Gasteiger partial charge < -0.3 is 14.4 Å². The summed E-state index contributed by atoms with van der Waals surface area (Å²) in [6, 6.07) is 5.17. The summed E-state index contributed by atoms with van der Waals surface area (Å²) in [7, 11) is 0. The molecule has 1 unspecified atom stereocenters. The number of carbonyl (C=O) groups is 1. The normalized spacial score (nSPS) is 12.2. The van der Waals surface area contributed by atoms with E-state index < -0.39 is 12.1 Å². The third kappa shape index (κ3) is 3.02. The van der Waals surface area contributed by atoms with Crippen molar-refractivity contribution in [1.82, 2.24) is 9.55 Å². The van der Waals surface area contributed by atoms with E-state index in [2.05, 4.69) is 20.9 Å². The van der Waals surface area contributed by atoms with Gasteiger partial charge in [-0.25, -0.2) is 9.78 Å². The number of halogens is 1. The van der Waals surface area contributed by atoms with Gasteiger partial charge in [-0.05, 0) is 40.5 Å². The standard InChI is InChI=1S/C13H13BrN2O3/c1-2-19-13(18)12(17)9-3-4-11(10(14)7-9)16-6-5-15-8-16/h3-8,12,17H,2H2,1H3. The maximum atomic E-state index is 11.5. The van der Waals surface area contributed by atoms with Gasteiger partial charge in [0.15, 0.2) is 6.10 Å². The molecule has 0 radical (unpaired) electrons. The second kappa shape index (κ2) is 5.99. The smallest absolute Gasteiger partial charge is 0.339 e. The predicted octanol–water partition coefficient (Wildman–Crippen LogP) is 2.23. The number of aliphatic hydroxyl groups excluding tert-OH is 1. The molecule has 0 saturated carbocycles. The summed E-state index contributed by atoms with van der Waals surface area (Å²) in [4.78, 5) is 15.4. The lowest BCUT2D eigenvalue weighted by atomic mass is 10.1. The molecule has 1 N–H and O–H groups in total. The second-order valence-corrected chi connectivity index (χ2v) is 4.69. The van der Waals surface area contributed by atoms with E-state index in [4.69, 9.17) is 4.74 Å². The highest BCUT2D eigenvalue weighted by Gasteiger charge is 2.19. The van der Waals surface area contributed by atoms with Gasteiger partial charge in [0, 0.05) is 16.9 Å². The Kier molecular flexibility index (Phi) is 4.34. The zero-order valence-electron chi connectivity index (χ0n) is 10.3. The summed E-state index contributed by atoms with van der Waals surface area (Å²) in [5.41, 5.74) is 1.35. The molecule has 1 aromatic carbocycles. The minimum atomic E-state index is -1.27. The van der Waals surface area contributed by atoms with Crippen molar-refractivity contribution in [3.63, 3.8) is 0 Å².